The molecule has 3 aromatic rings. The average Bonchev–Trinajstić information content (AvgIpc) is 2.65. The number of hydrogen-bond acceptors (Lipinski definition) is 3. The van der Waals surface area contributed by atoms with Gasteiger partial charge in [-0.05, 0) is 111 Å². The molecule has 0 saturated carbocycles. The number of benzene rings is 3. The Morgan fingerprint density at radius 3 is 1.52 bits per heavy atom. The van der Waals surface area contributed by atoms with E-state index >= 15 is 0 Å². The van der Waals surface area contributed by atoms with Gasteiger partial charge >= 0.3 is 6.09 Å². The molecule has 2 N–H and O–H groups in total. The van der Waals surface area contributed by atoms with Crippen LogP contribution in [0.2, 0.25) is 0 Å². The Kier molecular flexibility index (Phi) is 6.23. The minimum atomic E-state index is -0.631. The fourth-order valence-electron chi connectivity index (χ4n) is 4.00. The maximum Gasteiger partial charge on any atom is 0.429 e. The summed E-state index contributed by atoms with van der Waals surface area (Å²) in [7, 11) is 0. The Morgan fingerprint density at radius 2 is 1.16 bits per heavy atom. The van der Waals surface area contributed by atoms with Crippen LogP contribution in [0.5, 0.6) is 0 Å². The second kappa shape index (κ2) is 8.56. The Labute approximate surface area is 185 Å². The van der Waals surface area contributed by atoms with Crippen LogP contribution >= 0.6 is 0 Å². The predicted octanol–water partition coefficient (Wildman–Crippen LogP) is 6.87. The van der Waals surface area contributed by atoms with Crippen molar-refractivity contribution in [2.45, 2.75) is 54.1 Å². The van der Waals surface area contributed by atoms with Crippen LogP contribution in [0.4, 0.5) is 10.5 Å². The number of ether oxygens (including phenoxy) is 1. The van der Waals surface area contributed by atoms with Gasteiger partial charge in [0, 0.05) is 0 Å². The molecule has 0 unspecified atom stereocenters. The third-order valence-electron chi connectivity index (χ3n) is 5.33. The largest absolute Gasteiger partial charge is 0.442 e. The van der Waals surface area contributed by atoms with Crippen molar-refractivity contribution in [3.63, 3.8) is 0 Å². The lowest BCUT2D eigenvalue weighted by Gasteiger charge is -2.25. The van der Waals surface area contributed by atoms with Crippen molar-refractivity contribution >= 4 is 11.8 Å². The van der Waals surface area contributed by atoms with Crippen molar-refractivity contribution in [2.24, 2.45) is 5.84 Å². The van der Waals surface area contributed by atoms with Gasteiger partial charge in [-0.15, -0.1) is 0 Å². The monoisotopic (exact) mass is 416 g/mol. The summed E-state index contributed by atoms with van der Waals surface area (Å²) in [6, 6.07) is 18.6. The normalized spacial score (nSPS) is 11.4. The van der Waals surface area contributed by atoms with Gasteiger partial charge in [-0.2, -0.15) is 0 Å². The molecule has 0 atom stereocenters. The summed E-state index contributed by atoms with van der Waals surface area (Å²) >= 11 is 0. The van der Waals surface area contributed by atoms with Crippen LogP contribution in [0.1, 0.15) is 43.0 Å². The van der Waals surface area contributed by atoms with Gasteiger partial charge in [0.15, 0.2) is 0 Å². The van der Waals surface area contributed by atoms with Crippen LogP contribution in [-0.4, -0.2) is 11.7 Å². The van der Waals surface area contributed by atoms with Crippen molar-refractivity contribution in [3.8, 4) is 22.3 Å². The van der Waals surface area contributed by atoms with Gasteiger partial charge in [0.1, 0.15) is 5.60 Å². The van der Waals surface area contributed by atoms with E-state index in [0.717, 1.165) is 27.3 Å². The molecule has 0 fully saturated rings. The van der Waals surface area contributed by atoms with Crippen LogP contribution in [0.15, 0.2) is 54.6 Å². The minimum absolute atomic E-state index is 0.585. The molecular formula is C27H32N2O2. The highest BCUT2D eigenvalue weighted by molar-refractivity contribution is 5.91. The SMILES string of the molecule is Cc1cccc(C)c1-c1cc(-c2c(C)cccc2C)cc(N(N)C(=O)OC(C)(C)C)c1. The van der Waals surface area contributed by atoms with Gasteiger partial charge in [-0.3, -0.25) is 0 Å². The van der Waals surface area contributed by atoms with Gasteiger partial charge in [0.05, 0.1) is 5.69 Å². The highest BCUT2D eigenvalue weighted by atomic mass is 16.6. The summed E-state index contributed by atoms with van der Waals surface area (Å²) in [5, 5.41) is 1.10. The smallest absolute Gasteiger partial charge is 0.429 e. The van der Waals surface area contributed by atoms with E-state index in [2.05, 4.69) is 70.2 Å². The molecule has 0 aliphatic carbocycles. The molecule has 3 aromatic carbocycles. The van der Waals surface area contributed by atoms with Gasteiger partial charge < -0.3 is 4.74 Å². The van der Waals surface area contributed by atoms with E-state index in [-0.39, 0.29) is 0 Å². The quantitative estimate of drug-likeness (QED) is 0.288. The predicted molar refractivity (Wildman–Crippen MR) is 129 cm³/mol. The summed E-state index contributed by atoms with van der Waals surface area (Å²) in [4.78, 5) is 12.7. The Balaban J connectivity index is 2.23. The van der Waals surface area contributed by atoms with Crippen molar-refractivity contribution in [3.05, 3.63) is 76.9 Å². The summed E-state index contributed by atoms with van der Waals surface area (Å²) in [6.45, 7) is 13.9. The fourth-order valence-corrected chi connectivity index (χ4v) is 4.00. The fraction of sp³-hybridized carbons (Fsp3) is 0.296. The molecule has 0 aromatic heterocycles. The van der Waals surface area contributed by atoms with Crippen LogP contribution in [0, 0.1) is 27.7 Å². The van der Waals surface area contributed by atoms with Gasteiger partial charge in [-0.25, -0.2) is 15.6 Å². The van der Waals surface area contributed by atoms with Crippen molar-refractivity contribution in [2.75, 3.05) is 5.01 Å². The average molecular weight is 417 g/mol. The molecule has 0 aliphatic rings. The molecule has 4 nitrogen and oxygen atoms in total. The summed E-state index contributed by atoms with van der Waals surface area (Å²) in [6.07, 6.45) is -0.585. The topological polar surface area (TPSA) is 55.6 Å². The number of anilines is 1. The third-order valence-corrected chi connectivity index (χ3v) is 5.33. The molecule has 31 heavy (non-hydrogen) atoms. The molecule has 0 heterocycles. The van der Waals surface area contributed by atoms with E-state index < -0.39 is 11.7 Å². The highest BCUT2D eigenvalue weighted by Gasteiger charge is 2.23. The molecule has 162 valence electrons. The first-order valence-corrected chi connectivity index (χ1v) is 10.5. The first-order chi connectivity index (χ1) is 14.5. The van der Waals surface area contributed by atoms with E-state index in [1.54, 1.807) is 0 Å². The van der Waals surface area contributed by atoms with Gasteiger partial charge in [0.25, 0.3) is 0 Å². The lowest BCUT2D eigenvalue weighted by Crippen LogP contribution is -2.41. The number of nitrogens with two attached hydrogens (primary N) is 1. The highest BCUT2D eigenvalue weighted by Crippen LogP contribution is 2.37. The number of carbonyl (C=O) groups excluding carboxylic acids is 1. The standard InChI is InChI=1S/C27H32N2O2/c1-17-10-8-11-18(2)24(17)21-14-22(25-19(3)12-9-13-20(25)4)16-23(15-21)29(28)26(30)31-27(5,6)7/h8-16H,28H2,1-7H3. The second-order valence-corrected chi connectivity index (χ2v) is 9.15. The van der Waals surface area contributed by atoms with Crippen LogP contribution in [0.25, 0.3) is 22.3 Å². The van der Waals surface area contributed by atoms with E-state index in [1.165, 1.54) is 22.3 Å². The molecule has 0 radical (unpaired) electrons. The molecular weight excluding hydrogens is 384 g/mol. The Morgan fingerprint density at radius 1 is 0.774 bits per heavy atom. The second-order valence-electron chi connectivity index (χ2n) is 9.15. The van der Waals surface area contributed by atoms with Crippen LogP contribution in [0.3, 0.4) is 0 Å². The first kappa shape index (κ1) is 22.6. The van der Waals surface area contributed by atoms with Crippen molar-refractivity contribution in [1.29, 1.82) is 0 Å². The number of hydrogen-bond donors (Lipinski definition) is 1. The van der Waals surface area contributed by atoms with Gasteiger partial charge in [-0.1, -0.05) is 36.4 Å². The molecule has 0 saturated heterocycles. The van der Waals surface area contributed by atoms with Crippen LogP contribution in [-0.2, 0) is 4.74 Å². The van der Waals surface area contributed by atoms with Crippen molar-refractivity contribution < 1.29 is 9.53 Å². The van der Waals surface area contributed by atoms with Crippen molar-refractivity contribution in [1.82, 2.24) is 0 Å². The number of rotatable bonds is 3. The number of amides is 1. The molecule has 1 amide bonds. The molecule has 3 rings (SSSR count). The van der Waals surface area contributed by atoms with Gasteiger partial charge in [0.2, 0.25) is 0 Å². The molecule has 0 spiro atoms. The molecule has 4 heteroatoms. The number of carbonyl (C=O) groups is 1. The first-order valence-electron chi connectivity index (χ1n) is 10.5. The summed E-state index contributed by atoms with van der Waals surface area (Å²) < 4.78 is 5.50. The minimum Gasteiger partial charge on any atom is -0.442 e. The maximum absolute atomic E-state index is 12.7. The zero-order valence-electron chi connectivity index (χ0n) is 19.5. The summed E-state index contributed by atoms with van der Waals surface area (Å²) in [5.74, 6) is 6.25. The van der Waals surface area contributed by atoms with Crippen LogP contribution < -0.4 is 10.9 Å². The Hall–Kier alpha value is -3.11. The number of hydrazine groups is 1. The zero-order valence-corrected chi connectivity index (χ0v) is 19.5. The van der Waals surface area contributed by atoms with E-state index in [9.17, 15) is 4.79 Å². The van der Waals surface area contributed by atoms with E-state index in [1.807, 2.05) is 32.9 Å². The zero-order chi connectivity index (χ0) is 22.9. The third kappa shape index (κ3) is 4.97. The molecule has 0 aliphatic heterocycles. The van der Waals surface area contributed by atoms with E-state index in [0.29, 0.717) is 5.69 Å². The van der Waals surface area contributed by atoms with E-state index in [4.69, 9.17) is 10.6 Å². The Bertz CT molecular complexity index is 1020. The number of aryl methyl sites for hydroxylation is 4. The lowest BCUT2D eigenvalue weighted by atomic mass is 9.90. The number of nitrogens with zero attached hydrogens (tertiary/aromatic N) is 1. The lowest BCUT2D eigenvalue weighted by molar-refractivity contribution is 0.0580. The summed E-state index contributed by atoms with van der Waals surface area (Å²) in [5.41, 5.74) is 8.98. The maximum atomic E-state index is 12.7. The molecule has 0 bridgehead atoms.